The van der Waals surface area contributed by atoms with Gasteiger partial charge in [0.2, 0.25) is 0 Å². The van der Waals surface area contributed by atoms with E-state index in [1.54, 1.807) is 18.3 Å². The maximum atomic E-state index is 5.97. The minimum atomic E-state index is 0.529. The number of imidazole rings is 1. The van der Waals surface area contributed by atoms with Crippen molar-refractivity contribution in [2.45, 2.75) is 6.54 Å². The molecule has 1 aromatic carbocycles. The summed E-state index contributed by atoms with van der Waals surface area (Å²) in [6.45, 7) is 1.31. The van der Waals surface area contributed by atoms with Crippen LogP contribution >= 0.6 is 23.2 Å². The predicted molar refractivity (Wildman–Crippen MR) is 66.7 cm³/mol. The lowest BCUT2D eigenvalue weighted by atomic mass is 10.2. The van der Waals surface area contributed by atoms with Crippen LogP contribution in [-0.2, 0) is 6.54 Å². The number of hydrogen-bond acceptors (Lipinski definition) is 2. The Kier molecular flexibility index (Phi) is 3.49. The Morgan fingerprint density at radius 3 is 2.75 bits per heavy atom. The van der Waals surface area contributed by atoms with E-state index in [-0.39, 0.29) is 0 Å². The molecular formula is C11H11Cl2N3. The molecule has 2 aromatic rings. The van der Waals surface area contributed by atoms with E-state index in [0.29, 0.717) is 16.6 Å². The average Bonchev–Trinajstić information content (AvgIpc) is 2.71. The molecule has 0 fully saturated rings. The van der Waals surface area contributed by atoms with Gasteiger partial charge in [0.1, 0.15) is 5.82 Å². The first-order valence-electron chi connectivity index (χ1n) is 4.89. The molecule has 0 aliphatic rings. The van der Waals surface area contributed by atoms with Gasteiger partial charge in [0.25, 0.3) is 0 Å². The lowest BCUT2D eigenvalue weighted by Gasteiger charge is -2.06. The zero-order chi connectivity index (χ0) is 11.5. The largest absolute Gasteiger partial charge is 0.330 e. The zero-order valence-corrected chi connectivity index (χ0v) is 10.0. The van der Waals surface area contributed by atoms with E-state index >= 15 is 0 Å². The highest BCUT2D eigenvalue weighted by atomic mass is 35.5. The van der Waals surface area contributed by atoms with Crippen LogP contribution in [0.25, 0.3) is 11.4 Å². The Morgan fingerprint density at radius 1 is 1.25 bits per heavy atom. The van der Waals surface area contributed by atoms with Gasteiger partial charge in [-0.15, -0.1) is 0 Å². The Labute approximate surface area is 104 Å². The van der Waals surface area contributed by atoms with Gasteiger partial charge in [-0.25, -0.2) is 4.98 Å². The van der Waals surface area contributed by atoms with Crippen molar-refractivity contribution in [3.05, 3.63) is 40.6 Å². The third-order valence-electron chi connectivity index (χ3n) is 2.26. The Morgan fingerprint density at radius 2 is 2.06 bits per heavy atom. The van der Waals surface area contributed by atoms with Gasteiger partial charge in [-0.3, -0.25) is 0 Å². The Bertz CT molecular complexity index is 494. The second kappa shape index (κ2) is 4.87. The molecule has 1 aromatic heterocycles. The fraction of sp³-hybridized carbons (Fsp3) is 0.182. The molecule has 0 unspecified atom stereocenters. The normalized spacial score (nSPS) is 10.7. The Hall–Kier alpha value is -1.03. The van der Waals surface area contributed by atoms with Crippen molar-refractivity contribution in [3.8, 4) is 11.4 Å². The molecular weight excluding hydrogens is 245 g/mol. The van der Waals surface area contributed by atoms with Crippen LogP contribution in [0.3, 0.4) is 0 Å². The van der Waals surface area contributed by atoms with Gasteiger partial charge in [-0.1, -0.05) is 23.2 Å². The van der Waals surface area contributed by atoms with Gasteiger partial charge >= 0.3 is 0 Å². The molecule has 0 bridgehead atoms. The highest BCUT2D eigenvalue weighted by Crippen LogP contribution is 2.27. The summed E-state index contributed by atoms with van der Waals surface area (Å²) < 4.78 is 1.99. The lowest BCUT2D eigenvalue weighted by molar-refractivity contribution is 0.715. The van der Waals surface area contributed by atoms with Crippen LogP contribution in [0.1, 0.15) is 0 Å². The van der Waals surface area contributed by atoms with Crippen LogP contribution in [0.4, 0.5) is 0 Å². The summed E-state index contributed by atoms with van der Waals surface area (Å²) in [5.74, 6) is 0.851. The molecule has 84 valence electrons. The maximum absolute atomic E-state index is 5.97. The molecule has 0 saturated carbocycles. The van der Waals surface area contributed by atoms with Crippen LogP contribution in [0, 0.1) is 0 Å². The van der Waals surface area contributed by atoms with Gasteiger partial charge in [0.15, 0.2) is 0 Å². The van der Waals surface area contributed by atoms with Gasteiger partial charge < -0.3 is 10.3 Å². The predicted octanol–water partition coefficient (Wildman–Crippen LogP) is 2.82. The van der Waals surface area contributed by atoms with Crippen LogP contribution in [0.5, 0.6) is 0 Å². The third kappa shape index (κ3) is 2.21. The van der Waals surface area contributed by atoms with Crippen LogP contribution in [0.2, 0.25) is 10.0 Å². The molecule has 0 aliphatic carbocycles. The molecule has 2 rings (SSSR count). The molecule has 0 saturated heterocycles. The molecule has 1 heterocycles. The topological polar surface area (TPSA) is 43.8 Å². The van der Waals surface area contributed by atoms with E-state index in [1.807, 2.05) is 16.8 Å². The van der Waals surface area contributed by atoms with E-state index in [0.717, 1.165) is 17.9 Å². The summed E-state index contributed by atoms with van der Waals surface area (Å²) in [4.78, 5) is 4.28. The fourth-order valence-electron chi connectivity index (χ4n) is 1.52. The smallest absolute Gasteiger partial charge is 0.139 e. The van der Waals surface area contributed by atoms with Crippen molar-refractivity contribution >= 4 is 23.2 Å². The van der Waals surface area contributed by atoms with E-state index in [1.165, 1.54) is 0 Å². The van der Waals surface area contributed by atoms with Crippen LogP contribution in [0.15, 0.2) is 30.6 Å². The monoisotopic (exact) mass is 255 g/mol. The third-order valence-corrected chi connectivity index (χ3v) is 3.00. The quantitative estimate of drug-likeness (QED) is 0.917. The van der Waals surface area contributed by atoms with E-state index in [9.17, 15) is 0 Å². The van der Waals surface area contributed by atoms with E-state index in [2.05, 4.69) is 4.98 Å². The summed E-state index contributed by atoms with van der Waals surface area (Å²) in [5.41, 5.74) is 6.46. The van der Waals surface area contributed by atoms with E-state index in [4.69, 9.17) is 28.9 Å². The van der Waals surface area contributed by atoms with Crippen molar-refractivity contribution in [3.63, 3.8) is 0 Å². The summed E-state index contributed by atoms with van der Waals surface area (Å²) in [7, 11) is 0. The van der Waals surface area contributed by atoms with Gasteiger partial charge in [-0.05, 0) is 18.2 Å². The van der Waals surface area contributed by atoms with Crippen molar-refractivity contribution < 1.29 is 0 Å². The fourth-order valence-corrected chi connectivity index (χ4v) is 1.82. The van der Waals surface area contributed by atoms with Crippen molar-refractivity contribution in [1.82, 2.24) is 9.55 Å². The molecule has 16 heavy (non-hydrogen) atoms. The summed E-state index contributed by atoms with van der Waals surface area (Å²) in [6.07, 6.45) is 3.64. The van der Waals surface area contributed by atoms with Crippen LogP contribution in [-0.4, -0.2) is 16.1 Å². The highest BCUT2D eigenvalue weighted by Gasteiger charge is 2.07. The molecule has 2 N–H and O–H groups in total. The number of rotatable bonds is 3. The average molecular weight is 256 g/mol. The standard InChI is InChI=1S/C11H11Cl2N3/c12-9-2-1-8(7-10(9)13)11-15-4-6-16(11)5-3-14/h1-2,4,6-7H,3,5,14H2. The number of nitrogens with two attached hydrogens (primary N) is 1. The number of benzene rings is 1. The first-order valence-corrected chi connectivity index (χ1v) is 5.64. The zero-order valence-electron chi connectivity index (χ0n) is 8.53. The molecule has 5 heteroatoms. The van der Waals surface area contributed by atoms with Gasteiger partial charge in [0, 0.05) is 31.0 Å². The lowest BCUT2D eigenvalue weighted by Crippen LogP contribution is -2.10. The van der Waals surface area contributed by atoms with Crippen molar-refractivity contribution in [2.75, 3.05) is 6.54 Å². The summed E-state index contributed by atoms with van der Waals surface area (Å²) in [5, 5.41) is 1.07. The summed E-state index contributed by atoms with van der Waals surface area (Å²) >= 11 is 11.8. The van der Waals surface area contributed by atoms with Gasteiger partial charge in [0.05, 0.1) is 10.0 Å². The molecule has 0 spiro atoms. The van der Waals surface area contributed by atoms with Gasteiger partial charge in [-0.2, -0.15) is 0 Å². The molecule has 3 nitrogen and oxygen atoms in total. The minimum absolute atomic E-state index is 0.529. The first-order chi connectivity index (χ1) is 7.72. The highest BCUT2D eigenvalue weighted by molar-refractivity contribution is 6.42. The number of hydrogen-bond donors (Lipinski definition) is 1. The number of halogens is 2. The maximum Gasteiger partial charge on any atom is 0.139 e. The molecule has 0 amide bonds. The van der Waals surface area contributed by atoms with Crippen molar-refractivity contribution in [2.24, 2.45) is 5.73 Å². The SMILES string of the molecule is NCCn1ccnc1-c1ccc(Cl)c(Cl)c1. The van der Waals surface area contributed by atoms with Crippen LogP contribution < -0.4 is 5.73 Å². The molecule has 0 atom stereocenters. The second-order valence-electron chi connectivity index (χ2n) is 3.36. The second-order valence-corrected chi connectivity index (χ2v) is 4.18. The number of aromatic nitrogens is 2. The number of nitrogens with zero attached hydrogens (tertiary/aromatic N) is 2. The molecule has 0 radical (unpaired) electrons. The first kappa shape index (κ1) is 11.5. The summed E-state index contributed by atoms with van der Waals surface area (Å²) in [6, 6.07) is 5.46. The van der Waals surface area contributed by atoms with Crippen molar-refractivity contribution in [1.29, 1.82) is 0 Å². The minimum Gasteiger partial charge on any atom is -0.330 e. The Balaban J connectivity index is 2.42. The molecule has 0 aliphatic heterocycles. The van der Waals surface area contributed by atoms with E-state index < -0.39 is 0 Å².